The van der Waals surface area contributed by atoms with E-state index in [0.29, 0.717) is 19.4 Å². The molecule has 0 bridgehead atoms. The minimum Gasteiger partial charge on any atom is -0.548 e. The van der Waals surface area contributed by atoms with Crippen LogP contribution in [0.15, 0.2) is 30.3 Å². The van der Waals surface area contributed by atoms with Crippen LogP contribution in [0.2, 0.25) is 0 Å². The van der Waals surface area contributed by atoms with Gasteiger partial charge in [0, 0.05) is 13.0 Å². The molecule has 0 aromatic heterocycles. The van der Waals surface area contributed by atoms with Crippen molar-refractivity contribution in [1.29, 1.82) is 0 Å². The predicted octanol–water partition coefficient (Wildman–Crippen LogP) is -2.48. The summed E-state index contributed by atoms with van der Waals surface area (Å²) in [6, 6.07) is 6.59. The Morgan fingerprint density at radius 2 is 1.87 bits per heavy atom. The zero-order valence-electron chi connectivity index (χ0n) is 12.8. The summed E-state index contributed by atoms with van der Waals surface area (Å²) in [5, 5.41) is 16.0. The van der Waals surface area contributed by atoms with Gasteiger partial charge < -0.3 is 32.0 Å². The molecular formula is C15H22N4O4. The van der Waals surface area contributed by atoms with E-state index >= 15 is 0 Å². The van der Waals surface area contributed by atoms with Gasteiger partial charge in [-0.15, -0.1) is 0 Å². The summed E-state index contributed by atoms with van der Waals surface area (Å²) in [5.41, 5.74) is 9.41. The fourth-order valence-electron chi connectivity index (χ4n) is 2.02. The number of nitrogens with one attached hydrogen (secondary N) is 2. The highest BCUT2D eigenvalue weighted by Gasteiger charge is 2.21. The van der Waals surface area contributed by atoms with E-state index in [9.17, 15) is 19.5 Å². The number of rotatable bonds is 9. The Bertz CT molecular complexity index is 536. The van der Waals surface area contributed by atoms with Crippen LogP contribution in [-0.2, 0) is 16.0 Å². The van der Waals surface area contributed by atoms with Crippen molar-refractivity contribution in [3.8, 4) is 0 Å². The summed E-state index contributed by atoms with van der Waals surface area (Å²) in [7, 11) is 0. The number of carbonyl (C=O) groups is 3. The first-order chi connectivity index (χ1) is 10.9. The van der Waals surface area contributed by atoms with Crippen LogP contribution in [0.5, 0.6) is 0 Å². The first-order valence-electron chi connectivity index (χ1n) is 7.31. The lowest BCUT2D eigenvalue weighted by Gasteiger charge is -2.21. The molecule has 0 saturated carbocycles. The van der Waals surface area contributed by atoms with Crippen LogP contribution in [0.3, 0.4) is 0 Å². The van der Waals surface area contributed by atoms with Crippen LogP contribution in [0.1, 0.15) is 18.4 Å². The van der Waals surface area contributed by atoms with Crippen molar-refractivity contribution in [2.75, 3.05) is 6.54 Å². The second-order valence-corrected chi connectivity index (χ2v) is 5.20. The highest BCUT2D eigenvalue weighted by atomic mass is 16.4. The van der Waals surface area contributed by atoms with Crippen LogP contribution in [-0.4, -0.2) is 36.5 Å². The topological polar surface area (TPSA) is 152 Å². The van der Waals surface area contributed by atoms with Gasteiger partial charge in [-0.3, -0.25) is 4.79 Å². The molecule has 7 N–H and O–H groups in total. The molecular weight excluding hydrogens is 300 g/mol. The number of carboxylic acid groups (broad SMARTS) is 1. The Morgan fingerprint density at radius 1 is 1.22 bits per heavy atom. The Balaban J connectivity index is 2.47. The van der Waals surface area contributed by atoms with Crippen molar-refractivity contribution >= 4 is 17.9 Å². The van der Waals surface area contributed by atoms with Gasteiger partial charge in [-0.05, 0) is 18.4 Å². The number of carbonyl (C=O) groups excluding carboxylic acids is 3. The zero-order chi connectivity index (χ0) is 17.2. The van der Waals surface area contributed by atoms with Gasteiger partial charge in [0.15, 0.2) is 6.04 Å². The maximum Gasteiger partial charge on any atom is 0.312 e. The number of quaternary nitrogens is 1. The first kappa shape index (κ1) is 18.4. The summed E-state index contributed by atoms with van der Waals surface area (Å²) in [6.07, 6.45) is 1.06. The minimum atomic E-state index is -1.34. The van der Waals surface area contributed by atoms with Crippen LogP contribution in [0, 0.1) is 0 Å². The number of hydrogen-bond acceptors (Lipinski definition) is 4. The molecule has 8 nitrogen and oxygen atoms in total. The Labute approximate surface area is 134 Å². The standard InChI is InChI=1S/C15H22N4O4/c16-11(7-4-8-18-15(17)23)13(20)19-12(14(21)22)9-10-5-2-1-3-6-10/h1-3,5-6,11-12H,4,7-9,16H2,(H,19,20)(H,21,22)(H3,17,18,23)/t11-,12-/m0/s1. The maximum atomic E-state index is 12.0. The van der Waals surface area contributed by atoms with Crippen molar-refractivity contribution in [1.82, 2.24) is 10.6 Å². The zero-order valence-corrected chi connectivity index (χ0v) is 12.8. The van der Waals surface area contributed by atoms with Crippen LogP contribution in [0.25, 0.3) is 0 Å². The molecule has 0 radical (unpaired) electrons. The largest absolute Gasteiger partial charge is 0.548 e. The fourth-order valence-corrected chi connectivity index (χ4v) is 2.02. The third-order valence-electron chi connectivity index (χ3n) is 3.28. The molecule has 0 aliphatic rings. The molecule has 0 unspecified atom stereocenters. The van der Waals surface area contributed by atoms with E-state index in [2.05, 4.69) is 16.4 Å². The second kappa shape index (κ2) is 9.42. The summed E-state index contributed by atoms with van der Waals surface area (Å²) in [6.45, 7) is 0.336. The van der Waals surface area contributed by atoms with Crippen molar-refractivity contribution in [3.63, 3.8) is 0 Å². The van der Waals surface area contributed by atoms with E-state index < -0.39 is 30.0 Å². The Morgan fingerprint density at radius 3 is 2.43 bits per heavy atom. The lowest BCUT2D eigenvalue weighted by Crippen LogP contribution is -2.69. The van der Waals surface area contributed by atoms with E-state index in [1.807, 2.05) is 6.07 Å². The third-order valence-corrected chi connectivity index (χ3v) is 3.28. The van der Waals surface area contributed by atoms with Gasteiger partial charge in [0.25, 0.3) is 5.91 Å². The molecule has 2 atom stereocenters. The summed E-state index contributed by atoms with van der Waals surface area (Å²) in [4.78, 5) is 33.7. The smallest absolute Gasteiger partial charge is 0.312 e. The monoisotopic (exact) mass is 322 g/mol. The number of urea groups is 1. The van der Waals surface area contributed by atoms with Gasteiger partial charge in [0.05, 0.1) is 12.0 Å². The summed E-state index contributed by atoms with van der Waals surface area (Å²) < 4.78 is 0. The lowest BCUT2D eigenvalue weighted by molar-refractivity contribution is -0.405. The lowest BCUT2D eigenvalue weighted by atomic mass is 10.0. The Kier molecular flexibility index (Phi) is 7.55. The molecule has 3 amide bonds. The molecule has 126 valence electrons. The van der Waals surface area contributed by atoms with Crippen molar-refractivity contribution < 1.29 is 25.2 Å². The number of hydrogen-bond donors (Lipinski definition) is 4. The number of nitrogens with two attached hydrogens (primary N) is 1. The van der Waals surface area contributed by atoms with Crippen LogP contribution >= 0.6 is 0 Å². The van der Waals surface area contributed by atoms with E-state index in [0.717, 1.165) is 5.56 Å². The number of benzene rings is 1. The van der Waals surface area contributed by atoms with E-state index in [4.69, 9.17) is 5.73 Å². The van der Waals surface area contributed by atoms with Crippen LogP contribution < -0.4 is 27.2 Å². The van der Waals surface area contributed by atoms with E-state index in [1.165, 1.54) is 0 Å². The van der Waals surface area contributed by atoms with E-state index in [-0.39, 0.29) is 6.42 Å². The first-order valence-corrected chi connectivity index (χ1v) is 7.31. The molecule has 8 heteroatoms. The number of aliphatic carboxylic acids is 1. The fraction of sp³-hybridized carbons (Fsp3) is 0.400. The minimum absolute atomic E-state index is 0.144. The van der Waals surface area contributed by atoms with Gasteiger partial charge >= 0.3 is 6.03 Å². The number of amides is 3. The molecule has 0 aliphatic carbocycles. The normalized spacial score (nSPS) is 12.9. The predicted molar refractivity (Wildman–Crippen MR) is 80.6 cm³/mol. The molecule has 23 heavy (non-hydrogen) atoms. The van der Waals surface area contributed by atoms with E-state index in [1.54, 1.807) is 24.3 Å². The molecule has 0 saturated heterocycles. The molecule has 0 aliphatic heterocycles. The highest BCUT2D eigenvalue weighted by Crippen LogP contribution is 2.03. The molecule has 0 spiro atoms. The van der Waals surface area contributed by atoms with Crippen LogP contribution in [0.4, 0.5) is 4.79 Å². The van der Waals surface area contributed by atoms with Gasteiger partial charge in [-0.2, -0.15) is 0 Å². The third kappa shape index (κ3) is 7.28. The van der Waals surface area contributed by atoms with Crippen molar-refractivity contribution in [2.45, 2.75) is 31.3 Å². The van der Waals surface area contributed by atoms with Crippen molar-refractivity contribution in [3.05, 3.63) is 35.9 Å². The molecule has 1 rings (SSSR count). The maximum absolute atomic E-state index is 12.0. The van der Waals surface area contributed by atoms with Gasteiger partial charge in [-0.25, -0.2) is 4.79 Å². The second-order valence-electron chi connectivity index (χ2n) is 5.20. The number of primary amides is 1. The van der Waals surface area contributed by atoms with Gasteiger partial charge in [-0.1, -0.05) is 30.3 Å². The quantitative estimate of drug-likeness (QED) is 0.372. The van der Waals surface area contributed by atoms with Gasteiger partial charge in [0.2, 0.25) is 0 Å². The Hall–Kier alpha value is -2.61. The molecule has 0 heterocycles. The summed E-state index contributed by atoms with van der Waals surface area (Å²) in [5.74, 6) is -1.81. The molecule has 0 fully saturated rings. The average Bonchev–Trinajstić information content (AvgIpc) is 2.51. The average molecular weight is 322 g/mol. The highest BCUT2D eigenvalue weighted by molar-refractivity contribution is 5.85. The summed E-state index contributed by atoms with van der Waals surface area (Å²) >= 11 is 0. The number of carboxylic acids is 1. The molecule has 1 aromatic rings. The van der Waals surface area contributed by atoms with Crippen molar-refractivity contribution in [2.24, 2.45) is 5.73 Å². The van der Waals surface area contributed by atoms with Gasteiger partial charge in [0.1, 0.15) is 0 Å². The SMILES string of the molecule is NC(=O)NCCC[C@H]([NH3+])C(=O)N[C@@H](Cc1ccccc1)C(=O)[O-]. The molecule has 1 aromatic carbocycles.